The molecule has 2 aromatic rings. The highest BCUT2D eigenvalue weighted by molar-refractivity contribution is 7.90. The van der Waals surface area contributed by atoms with Gasteiger partial charge in [-0.05, 0) is 24.3 Å². The van der Waals surface area contributed by atoms with Gasteiger partial charge < -0.3 is 5.32 Å². The molecule has 0 saturated heterocycles. The molecular formula is C14H10Cl2F3N3O4S2. The summed E-state index contributed by atoms with van der Waals surface area (Å²) in [6.07, 6.45) is -6.32. The first-order chi connectivity index (χ1) is 12.7. The van der Waals surface area contributed by atoms with Crippen LogP contribution in [0.5, 0.6) is 0 Å². The summed E-state index contributed by atoms with van der Waals surface area (Å²) in [5, 5.41) is 7.73. The van der Waals surface area contributed by atoms with Crippen molar-refractivity contribution in [3.8, 4) is 0 Å². The maximum atomic E-state index is 13.3. The van der Waals surface area contributed by atoms with Gasteiger partial charge in [-0.2, -0.15) is 17.9 Å². The zero-order valence-electron chi connectivity index (χ0n) is 13.4. The highest BCUT2D eigenvalue weighted by atomic mass is 35.5. The van der Waals surface area contributed by atoms with E-state index in [4.69, 9.17) is 28.3 Å². The van der Waals surface area contributed by atoms with Gasteiger partial charge in [0.15, 0.2) is 0 Å². The molecule has 0 amide bonds. The molecule has 2 aromatic carbocycles. The Morgan fingerprint density at radius 1 is 1.11 bits per heavy atom. The van der Waals surface area contributed by atoms with Crippen LogP contribution < -0.4 is 15.2 Å². The van der Waals surface area contributed by atoms with E-state index in [-0.39, 0.29) is 15.6 Å². The molecule has 3 rings (SSSR count). The fraction of sp³-hybridized carbons (Fsp3) is 0.143. The summed E-state index contributed by atoms with van der Waals surface area (Å²) in [4.78, 5) is -2.06. The summed E-state index contributed by atoms with van der Waals surface area (Å²) in [7, 11) is -9.26. The fourth-order valence-electron chi connectivity index (χ4n) is 2.63. The van der Waals surface area contributed by atoms with Crippen LogP contribution in [-0.2, 0) is 26.2 Å². The van der Waals surface area contributed by atoms with E-state index >= 15 is 0 Å². The van der Waals surface area contributed by atoms with E-state index in [0.29, 0.717) is 12.1 Å². The molecule has 14 heteroatoms. The Balaban J connectivity index is 2.23. The van der Waals surface area contributed by atoms with Crippen molar-refractivity contribution in [2.75, 3.05) is 5.32 Å². The van der Waals surface area contributed by atoms with Crippen molar-refractivity contribution >= 4 is 48.9 Å². The van der Waals surface area contributed by atoms with Crippen LogP contribution in [0.2, 0.25) is 10.0 Å². The second kappa shape index (κ2) is 6.75. The maximum Gasteiger partial charge on any atom is 0.417 e. The zero-order valence-corrected chi connectivity index (χ0v) is 16.5. The van der Waals surface area contributed by atoms with Crippen LogP contribution in [0.4, 0.5) is 18.9 Å². The minimum atomic E-state index is -5.10. The molecule has 4 N–H and O–H groups in total. The number of halogens is 5. The standard InChI is InChI=1S/C14H10Cl2F3N3O4S2/c15-6-1-2-7(9(16)3-6)13-21-10-4-8(14(17,18)19)11(27(20,23)24)5-12(10)28(25,26)22-13/h1-5,13,21-22H,(H2,20,23,24). The van der Waals surface area contributed by atoms with E-state index in [9.17, 15) is 30.0 Å². The summed E-state index contributed by atoms with van der Waals surface area (Å²) in [6.45, 7) is 0. The number of benzene rings is 2. The Morgan fingerprint density at radius 3 is 2.29 bits per heavy atom. The lowest BCUT2D eigenvalue weighted by atomic mass is 10.1. The molecule has 7 nitrogen and oxygen atoms in total. The Hall–Kier alpha value is -1.57. The van der Waals surface area contributed by atoms with Crippen molar-refractivity contribution in [2.45, 2.75) is 22.1 Å². The number of rotatable bonds is 2. The van der Waals surface area contributed by atoms with Gasteiger partial charge in [-0.15, -0.1) is 0 Å². The number of hydrogen-bond acceptors (Lipinski definition) is 5. The lowest BCUT2D eigenvalue weighted by molar-refractivity contribution is -0.139. The van der Waals surface area contributed by atoms with Crippen molar-refractivity contribution in [3.63, 3.8) is 0 Å². The number of alkyl halides is 3. The summed E-state index contributed by atoms with van der Waals surface area (Å²) in [5.74, 6) is 0. The number of anilines is 1. The third kappa shape index (κ3) is 3.93. The normalized spacial score (nSPS) is 19.0. The van der Waals surface area contributed by atoms with Crippen LogP contribution >= 0.6 is 23.2 Å². The van der Waals surface area contributed by atoms with Gasteiger partial charge in [0.1, 0.15) is 11.1 Å². The Kier molecular flexibility index (Phi) is 5.10. The van der Waals surface area contributed by atoms with Gasteiger partial charge in [0.25, 0.3) is 0 Å². The molecule has 0 fully saturated rings. The lowest BCUT2D eigenvalue weighted by Crippen LogP contribution is -2.39. The monoisotopic (exact) mass is 475 g/mol. The van der Waals surface area contributed by atoms with E-state index < -0.39 is 53.4 Å². The molecule has 1 aliphatic heterocycles. The summed E-state index contributed by atoms with van der Waals surface area (Å²) >= 11 is 11.8. The van der Waals surface area contributed by atoms with Crippen LogP contribution in [0, 0.1) is 0 Å². The van der Waals surface area contributed by atoms with E-state index in [1.165, 1.54) is 18.2 Å². The Bertz CT molecular complexity index is 1190. The average molecular weight is 476 g/mol. The molecule has 0 saturated carbocycles. The zero-order chi connectivity index (χ0) is 21.1. The smallest absolute Gasteiger partial charge is 0.364 e. The highest BCUT2D eigenvalue weighted by Crippen LogP contribution is 2.41. The molecular weight excluding hydrogens is 466 g/mol. The first-order valence-electron chi connectivity index (χ1n) is 7.22. The van der Waals surface area contributed by atoms with E-state index in [1.807, 2.05) is 0 Å². The molecule has 1 unspecified atom stereocenters. The number of fused-ring (bicyclic) bond motifs is 1. The van der Waals surface area contributed by atoms with Gasteiger partial charge in [-0.1, -0.05) is 29.3 Å². The molecule has 0 spiro atoms. The first kappa shape index (κ1) is 21.1. The van der Waals surface area contributed by atoms with Gasteiger partial charge in [-0.25, -0.2) is 22.0 Å². The molecule has 28 heavy (non-hydrogen) atoms. The van der Waals surface area contributed by atoms with Crippen LogP contribution in [0.25, 0.3) is 0 Å². The van der Waals surface area contributed by atoms with Crippen molar-refractivity contribution in [3.05, 3.63) is 51.5 Å². The number of sulfonamides is 2. The highest BCUT2D eigenvalue weighted by Gasteiger charge is 2.41. The fourth-order valence-corrected chi connectivity index (χ4v) is 5.29. The number of nitrogens with one attached hydrogen (secondary N) is 2. The third-order valence-corrected chi connectivity index (χ3v) is 6.81. The Labute approximate surface area is 167 Å². The minimum absolute atomic E-state index is 0.0633. The SMILES string of the molecule is NS(=O)(=O)c1cc2c(cc1C(F)(F)F)NC(c1ccc(Cl)cc1Cl)NS2(=O)=O. The molecule has 1 atom stereocenters. The molecule has 0 bridgehead atoms. The van der Waals surface area contributed by atoms with Crippen molar-refractivity contribution < 1.29 is 30.0 Å². The molecule has 152 valence electrons. The first-order valence-corrected chi connectivity index (χ1v) is 11.0. The molecule has 0 radical (unpaired) electrons. The van der Waals surface area contributed by atoms with E-state index in [2.05, 4.69) is 10.0 Å². The summed E-state index contributed by atoms with van der Waals surface area (Å²) in [5.41, 5.74) is -1.86. The molecule has 1 aliphatic rings. The van der Waals surface area contributed by atoms with Crippen molar-refractivity contribution in [2.24, 2.45) is 5.14 Å². The molecule has 0 aliphatic carbocycles. The summed E-state index contributed by atoms with van der Waals surface area (Å²) < 4.78 is 90.4. The predicted molar refractivity (Wildman–Crippen MR) is 96.0 cm³/mol. The second-order valence-electron chi connectivity index (χ2n) is 5.75. The number of nitrogens with two attached hydrogens (primary N) is 1. The van der Waals surface area contributed by atoms with Gasteiger partial charge in [0, 0.05) is 15.6 Å². The van der Waals surface area contributed by atoms with E-state index in [1.54, 1.807) is 0 Å². The molecule has 0 aromatic heterocycles. The largest absolute Gasteiger partial charge is 0.417 e. The van der Waals surface area contributed by atoms with Gasteiger partial charge in [-0.3, -0.25) is 0 Å². The van der Waals surface area contributed by atoms with Gasteiger partial charge in [0.2, 0.25) is 20.0 Å². The Morgan fingerprint density at radius 2 is 1.75 bits per heavy atom. The van der Waals surface area contributed by atoms with E-state index in [0.717, 1.165) is 0 Å². The van der Waals surface area contributed by atoms with Crippen LogP contribution in [0.3, 0.4) is 0 Å². The average Bonchev–Trinajstić information content (AvgIpc) is 2.51. The quantitative estimate of drug-likeness (QED) is 0.616. The van der Waals surface area contributed by atoms with Crippen LogP contribution in [0.1, 0.15) is 17.3 Å². The van der Waals surface area contributed by atoms with Crippen LogP contribution in [0.15, 0.2) is 40.1 Å². The summed E-state index contributed by atoms with van der Waals surface area (Å²) in [6, 6.07) is 4.88. The minimum Gasteiger partial charge on any atom is -0.364 e. The maximum absolute atomic E-state index is 13.3. The topological polar surface area (TPSA) is 118 Å². The van der Waals surface area contributed by atoms with Crippen molar-refractivity contribution in [1.29, 1.82) is 0 Å². The lowest BCUT2D eigenvalue weighted by Gasteiger charge is -2.30. The molecule has 1 heterocycles. The van der Waals surface area contributed by atoms with Gasteiger partial charge in [0.05, 0.1) is 16.1 Å². The van der Waals surface area contributed by atoms with Crippen LogP contribution in [-0.4, -0.2) is 16.8 Å². The predicted octanol–water partition coefficient (Wildman–Crippen LogP) is 3.06. The second-order valence-corrected chi connectivity index (χ2v) is 9.81. The van der Waals surface area contributed by atoms with Gasteiger partial charge >= 0.3 is 6.18 Å². The number of primary sulfonamides is 1. The number of hydrogen-bond donors (Lipinski definition) is 3. The van der Waals surface area contributed by atoms with Crippen molar-refractivity contribution in [1.82, 2.24) is 4.72 Å². The third-order valence-electron chi connectivity index (χ3n) is 3.83.